The summed E-state index contributed by atoms with van der Waals surface area (Å²) in [5.41, 5.74) is 4.46. The number of fused-ring (bicyclic) bond motifs is 2. The Morgan fingerprint density at radius 3 is 2.61 bits per heavy atom. The highest BCUT2D eigenvalue weighted by molar-refractivity contribution is 7.10. The van der Waals surface area contributed by atoms with Crippen LogP contribution in [0.2, 0.25) is 0 Å². The second-order valence-electron chi connectivity index (χ2n) is 7.68. The number of rotatable bonds is 7. The molecule has 2 heterocycles. The summed E-state index contributed by atoms with van der Waals surface area (Å²) in [4.78, 5) is 19.3. The van der Waals surface area contributed by atoms with E-state index in [1.54, 1.807) is 18.4 Å². The van der Waals surface area contributed by atoms with E-state index in [0.29, 0.717) is 11.3 Å². The smallest absolute Gasteiger partial charge is 0.339 e. The van der Waals surface area contributed by atoms with Crippen molar-refractivity contribution in [3.63, 3.8) is 0 Å². The standard InChI is InChI=1S/C27H23NO4S/c1-30-19-9-11-20(12-10-19)31-14-15-32-27(29)25-22-6-2-3-7-24(22)28-26-18(8-13-23(25)26)17-21-5-4-16-33-21/h2-7,9-12,16-17H,8,13-15H2,1H3. The Labute approximate surface area is 196 Å². The number of esters is 1. The summed E-state index contributed by atoms with van der Waals surface area (Å²) in [5, 5.41) is 2.89. The van der Waals surface area contributed by atoms with Crippen LogP contribution in [-0.4, -0.2) is 31.3 Å². The predicted molar refractivity (Wildman–Crippen MR) is 131 cm³/mol. The monoisotopic (exact) mass is 457 g/mol. The molecule has 2 aromatic heterocycles. The van der Waals surface area contributed by atoms with Gasteiger partial charge in [-0.15, -0.1) is 11.3 Å². The average Bonchev–Trinajstić information content (AvgIpc) is 3.51. The fourth-order valence-electron chi connectivity index (χ4n) is 4.10. The van der Waals surface area contributed by atoms with Crippen LogP contribution in [0.25, 0.3) is 22.6 Å². The molecule has 0 amide bonds. The average molecular weight is 458 g/mol. The van der Waals surface area contributed by atoms with Crippen molar-refractivity contribution in [1.82, 2.24) is 4.98 Å². The van der Waals surface area contributed by atoms with E-state index in [0.717, 1.165) is 46.3 Å². The quantitative estimate of drug-likeness (QED) is 0.251. The third-order valence-electron chi connectivity index (χ3n) is 5.65. The van der Waals surface area contributed by atoms with Crippen molar-refractivity contribution in [2.75, 3.05) is 20.3 Å². The fourth-order valence-corrected chi connectivity index (χ4v) is 4.78. The molecule has 0 N–H and O–H groups in total. The van der Waals surface area contributed by atoms with Crippen LogP contribution in [0.15, 0.2) is 66.0 Å². The van der Waals surface area contributed by atoms with Crippen molar-refractivity contribution in [2.24, 2.45) is 0 Å². The van der Waals surface area contributed by atoms with Gasteiger partial charge in [0.05, 0.1) is 23.9 Å². The van der Waals surface area contributed by atoms with E-state index in [-0.39, 0.29) is 19.2 Å². The molecule has 5 rings (SSSR count). The van der Waals surface area contributed by atoms with Crippen LogP contribution in [0, 0.1) is 0 Å². The highest BCUT2D eigenvalue weighted by Crippen LogP contribution is 2.38. The molecule has 4 aromatic rings. The summed E-state index contributed by atoms with van der Waals surface area (Å²) < 4.78 is 16.5. The fraction of sp³-hybridized carbons (Fsp3) is 0.185. The van der Waals surface area contributed by atoms with E-state index in [9.17, 15) is 4.79 Å². The van der Waals surface area contributed by atoms with E-state index in [4.69, 9.17) is 19.2 Å². The predicted octanol–water partition coefficient (Wildman–Crippen LogP) is 6.03. The van der Waals surface area contributed by atoms with Gasteiger partial charge in [0, 0.05) is 10.3 Å². The van der Waals surface area contributed by atoms with Crippen molar-refractivity contribution < 1.29 is 19.0 Å². The van der Waals surface area contributed by atoms with Crippen molar-refractivity contribution in [2.45, 2.75) is 12.8 Å². The van der Waals surface area contributed by atoms with Crippen LogP contribution >= 0.6 is 11.3 Å². The Kier molecular flexibility index (Phi) is 6.09. The first kappa shape index (κ1) is 21.2. The van der Waals surface area contributed by atoms with Gasteiger partial charge in [-0.25, -0.2) is 9.78 Å². The van der Waals surface area contributed by atoms with Gasteiger partial charge < -0.3 is 14.2 Å². The van der Waals surface area contributed by atoms with Gasteiger partial charge >= 0.3 is 5.97 Å². The van der Waals surface area contributed by atoms with Crippen LogP contribution in [-0.2, 0) is 11.2 Å². The molecule has 0 bridgehead atoms. The lowest BCUT2D eigenvalue weighted by Crippen LogP contribution is -2.15. The summed E-state index contributed by atoms with van der Waals surface area (Å²) in [6, 6.07) is 19.2. The topological polar surface area (TPSA) is 57.7 Å². The Hall–Kier alpha value is -3.64. The zero-order valence-corrected chi connectivity index (χ0v) is 19.1. The number of nitrogens with zero attached hydrogens (tertiary/aromatic N) is 1. The summed E-state index contributed by atoms with van der Waals surface area (Å²) in [7, 11) is 1.62. The molecule has 0 unspecified atom stereocenters. The number of thiophene rings is 1. The lowest BCUT2D eigenvalue weighted by atomic mass is 10.0. The molecule has 1 aliphatic carbocycles. The Morgan fingerprint density at radius 1 is 1.00 bits per heavy atom. The normalized spacial score (nSPS) is 13.8. The van der Waals surface area contributed by atoms with Crippen molar-refractivity contribution in [1.29, 1.82) is 0 Å². The number of ether oxygens (including phenoxy) is 3. The highest BCUT2D eigenvalue weighted by Gasteiger charge is 2.27. The van der Waals surface area contributed by atoms with Crippen molar-refractivity contribution >= 4 is 39.9 Å². The van der Waals surface area contributed by atoms with Gasteiger partial charge in [-0.3, -0.25) is 0 Å². The maximum absolute atomic E-state index is 13.2. The second-order valence-corrected chi connectivity index (χ2v) is 8.66. The van der Waals surface area contributed by atoms with Crippen molar-refractivity contribution in [3.8, 4) is 11.5 Å². The van der Waals surface area contributed by atoms with Crippen LogP contribution in [0.5, 0.6) is 11.5 Å². The molecule has 1 aliphatic rings. The van der Waals surface area contributed by atoms with Gasteiger partial charge in [0.2, 0.25) is 0 Å². The molecule has 166 valence electrons. The first-order valence-corrected chi connectivity index (χ1v) is 11.7. The minimum Gasteiger partial charge on any atom is -0.497 e. The number of aromatic nitrogens is 1. The summed E-state index contributed by atoms with van der Waals surface area (Å²) in [6.07, 6.45) is 3.81. The maximum Gasteiger partial charge on any atom is 0.339 e. The molecule has 0 fully saturated rings. The number of para-hydroxylation sites is 1. The van der Waals surface area contributed by atoms with E-state index in [1.165, 1.54) is 4.88 Å². The Balaban J connectivity index is 1.36. The van der Waals surface area contributed by atoms with Gasteiger partial charge in [0.1, 0.15) is 24.7 Å². The van der Waals surface area contributed by atoms with E-state index < -0.39 is 0 Å². The maximum atomic E-state index is 13.2. The molecule has 0 spiro atoms. The molecular weight excluding hydrogens is 434 g/mol. The number of hydrogen-bond acceptors (Lipinski definition) is 6. The number of benzene rings is 2. The van der Waals surface area contributed by atoms with Crippen LogP contribution in [0.4, 0.5) is 0 Å². The van der Waals surface area contributed by atoms with Gasteiger partial charge in [0.25, 0.3) is 0 Å². The summed E-state index contributed by atoms with van der Waals surface area (Å²) in [5.74, 6) is 1.13. The van der Waals surface area contributed by atoms with Gasteiger partial charge in [0.15, 0.2) is 0 Å². The minimum absolute atomic E-state index is 0.161. The lowest BCUT2D eigenvalue weighted by molar-refractivity contribution is 0.0451. The molecule has 33 heavy (non-hydrogen) atoms. The molecular formula is C27H23NO4S. The van der Waals surface area contributed by atoms with E-state index >= 15 is 0 Å². The number of pyridine rings is 1. The molecule has 0 aliphatic heterocycles. The van der Waals surface area contributed by atoms with Crippen LogP contribution in [0.1, 0.15) is 32.9 Å². The number of allylic oxidation sites excluding steroid dienone is 1. The van der Waals surface area contributed by atoms with E-state index in [2.05, 4.69) is 17.5 Å². The SMILES string of the molecule is COc1ccc(OCCOC(=O)c2c3c(nc4ccccc24)C(=Cc2cccs2)CC3)cc1. The van der Waals surface area contributed by atoms with Gasteiger partial charge in [-0.05, 0) is 71.8 Å². The first-order chi connectivity index (χ1) is 16.2. The lowest BCUT2D eigenvalue weighted by Gasteiger charge is -2.13. The highest BCUT2D eigenvalue weighted by atomic mass is 32.1. The second kappa shape index (κ2) is 9.46. The van der Waals surface area contributed by atoms with E-state index in [1.807, 2.05) is 54.6 Å². The van der Waals surface area contributed by atoms with Gasteiger partial charge in [-0.2, -0.15) is 0 Å². The molecule has 2 aromatic carbocycles. The van der Waals surface area contributed by atoms with Crippen LogP contribution < -0.4 is 9.47 Å². The third-order valence-corrected chi connectivity index (χ3v) is 6.47. The largest absolute Gasteiger partial charge is 0.497 e. The van der Waals surface area contributed by atoms with Gasteiger partial charge in [-0.1, -0.05) is 24.3 Å². The molecule has 0 radical (unpaired) electrons. The summed E-state index contributed by atoms with van der Waals surface area (Å²) in [6.45, 7) is 0.432. The zero-order valence-electron chi connectivity index (χ0n) is 18.2. The molecule has 6 heteroatoms. The zero-order chi connectivity index (χ0) is 22.6. The number of methoxy groups -OCH3 is 1. The summed E-state index contributed by atoms with van der Waals surface area (Å²) >= 11 is 1.70. The third kappa shape index (κ3) is 4.47. The first-order valence-electron chi connectivity index (χ1n) is 10.8. The molecule has 5 nitrogen and oxygen atoms in total. The molecule has 0 saturated carbocycles. The number of carbonyl (C=O) groups excluding carboxylic acids is 1. The van der Waals surface area contributed by atoms with Crippen molar-refractivity contribution in [3.05, 3.63) is 87.7 Å². The number of carbonyl (C=O) groups is 1. The molecule has 0 atom stereocenters. The number of hydrogen-bond donors (Lipinski definition) is 0. The minimum atomic E-state index is -0.333. The van der Waals surface area contributed by atoms with Crippen LogP contribution in [0.3, 0.4) is 0 Å². The Bertz CT molecular complexity index is 1310. The molecule has 0 saturated heterocycles. The Morgan fingerprint density at radius 2 is 1.82 bits per heavy atom.